The third-order valence-electron chi connectivity index (χ3n) is 11.1. The van der Waals surface area contributed by atoms with Crippen LogP contribution in [0.15, 0.2) is 12.2 Å². The molecule has 3 unspecified atom stereocenters. The summed E-state index contributed by atoms with van der Waals surface area (Å²) in [6.45, 7) is 6.46. The van der Waals surface area contributed by atoms with Crippen molar-refractivity contribution in [2.24, 2.45) is 0 Å². The highest BCUT2D eigenvalue weighted by atomic mass is 16.5. The molecule has 0 aromatic rings. The first-order valence-corrected chi connectivity index (χ1v) is 23.9. The fourth-order valence-electron chi connectivity index (χ4n) is 7.43. The fraction of sp³-hybridized carbons (Fsp3) is 0.917. The van der Waals surface area contributed by atoms with E-state index in [9.17, 15) is 19.8 Å². The summed E-state index contributed by atoms with van der Waals surface area (Å²) in [5.41, 5.74) is 0. The quantitative estimate of drug-likeness (QED) is 0.0326. The first-order valence-electron chi connectivity index (χ1n) is 23.9. The first kappa shape index (κ1) is 52.6. The molecule has 1 amide bonds. The van der Waals surface area contributed by atoms with E-state index < -0.39 is 18.2 Å². The van der Waals surface area contributed by atoms with Gasteiger partial charge >= 0.3 is 5.97 Å². The van der Waals surface area contributed by atoms with Gasteiger partial charge in [-0.15, -0.1) is 0 Å². The van der Waals surface area contributed by atoms with Gasteiger partial charge in [0.05, 0.1) is 25.2 Å². The molecular formula is C48H93NO5. The lowest BCUT2D eigenvalue weighted by molar-refractivity contribution is -0.151. The maximum absolute atomic E-state index is 13.1. The largest absolute Gasteiger partial charge is 0.462 e. The third kappa shape index (κ3) is 37.5. The van der Waals surface area contributed by atoms with E-state index in [2.05, 4.69) is 38.2 Å². The highest BCUT2D eigenvalue weighted by Crippen LogP contribution is 2.17. The zero-order chi connectivity index (χ0) is 39.6. The van der Waals surface area contributed by atoms with Crippen molar-refractivity contribution in [3.05, 3.63) is 12.2 Å². The van der Waals surface area contributed by atoms with Gasteiger partial charge in [0.25, 0.3) is 0 Å². The Morgan fingerprint density at radius 1 is 0.519 bits per heavy atom. The number of hydrogen-bond donors (Lipinski definition) is 3. The standard InChI is InChI=1S/C48H93NO5/c1-4-7-10-13-16-19-22-25-28-31-34-37-40-46(51)45(43-50)49-47(52)42-44(39-36-33-30-27-24-21-18-15-12-9-6-3)54-48(53)41-38-35-32-29-26-23-20-17-14-11-8-5-2/h27,30,44-46,50-51H,4-26,28-29,31-43H2,1-3H3,(H,49,52)/b30-27-. The lowest BCUT2D eigenvalue weighted by Gasteiger charge is -2.24. The highest BCUT2D eigenvalue weighted by molar-refractivity contribution is 5.77. The lowest BCUT2D eigenvalue weighted by atomic mass is 10.0. The van der Waals surface area contributed by atoms with Gasteiger partial charge in [0.15, 0.2) is 0 Å². The van der Waals surface area contributed by atoms with Crippen molar-refractivity contribution in [1.29, 1.82) is 0 Å². The van der Waals surface area contributed by atoms with Gasteiger partial charge in [-0.25, -0.2) is 0 Å². The SMILES string of the molecule is CCCCCCCC/C=C\CCCC(CC(=O)NC(CO)C(O)CCCCCCCCCCCCCC)OC(=O)CCCCCCCCCCCCCC. The second-order valence-corrected chi connectivity index (χ2v) is 16.5. The zero-order valence-electron chi connectivity index (χ0n) is 36.4. The Kier molecular flexibility index (Phi) is 41.6. The molecule has 0 aliphatic carbocycles. The van der Waals surface area contributed by atoms with Crippen LogP contribution in [0, 0.1) is 0 Å². The lowest BCUT2D eigenvalue weighted by Crippen LogP contribution is -2.46. The normalized spacial score (nSPS) is 13.4. The van der Waals surface area contributed by atoms with Gasteiger partial charge in [0.1, 0.15) is 6.10 Å². The number of amides is 1. The minimum atomic E-state index is -0.786. The second kappa shape index (κ2) is 42.7. The Bertz CT molecular complexity index is 817. The molecular weight excluding hydrogens is 671 g/mol. The fourth-order valence-corrected chi connectivity index (χ4v) is 7.43. The Labute approximate surface area is 336 Å². The maximum atomic E-state index is 13.1. The summed E-state index contributed by atoms with van der Waals surface area (Å²) in [4.78, 5) is 26.0. The van der Waals surface area contributed by atoms with Gasteiger partial charge in [-0.05, 0) is 44.9 Å². The minimum absolute atomic E-state index is 0.0630. The van der Waals surface area contributed by atoms with E-state index in [4.69, 9.17) is 4.74 Å². The molecule has 54 heavy (non-hydrogen) atoms. The molecule has 3 atom stereocenters. The monoisotopic (exact) mass is 764 g/mol. The molecule has 0 saturated carbocycles. The van der Waals surface area contributed by atoms with Crippen molar-refractivity contribution < 1.29 is 24.5 Å². The predicted molar refractivity (Wildman–Crippen MR) is 232 cm³/mol. The number of carbonyl (C=O) groups is 2. The number of unbranched alkanes of at least 4 members (excludes halogenated alkanes) is 29. The molecule has 0 rings (SSSR count). The summed E-state index contributed by atoms with van der Waals surface area (Å²) in [6, 6.07) is -0.701. The van der Waals surface area contributed by atoms with Crippen LogP contribution in [-0.2, 0) is 14.3 Å². The van der Waals surface area contributed by atoms with Crippen LogP contribution in [0.1, 0.15) is 258 Å². The van der Waals surface area contributed by atoms with E-state index >= 15 is 0 Å². The Hall–Kier alpha value is -1.40. The van der Waals surface area contributed by atoms with Gasteiger partial charge < -0.3 is 20.3 Å². The summed E-state index contributed by atoms with van der Waals surface area (Å²) in [7, 11) is 0. The van der Waals surface area contributed by atoms with Gasteiger partial charge in [-0.3, -0.25) is 9.59 Å². The van der Waals surface area contributed by atoms with Crippen LogP contribution in [0.5, 0.6) is 0 Å². The van der Waals surface area contributed by atoms with E-state index in [0.29, 0.717) is 19.3 Å². The molecule has 0 fully saturated rings. The first-order chi connectivity index (χ1) is 26.5. The van der Waals surface area contributed by atoms with Gasteiger partial charge in [-0.1, -0.05) is 213 Å². The summed E-state index contributed by atoms with van der Waals surface area (Å²) >= 11 is 0. The Morgan fingerprint density at radius 3 is 1.35 bits per heavy atom. The van der Waals surface area contributed by atoms with E-state index in [1.54, 1.807) is 0 Å². The second-order valence-electron chi connectivity index (χ2n) is 16.5. The van der Waals surface area contributed by atoms with Crippen LogP contribution in [0.3, 0.4) is 0 Å². The van der Waals surface area contributed by atoms with Crippen LogP contribution in [0.2, 0.25) is 0 Å². The summed E-state index contributed by atoms with van der Waals surface area (Å²) in [5.74, 6) is -0.492. The molecule has 0 radical (unpaired) electrons. The summed E-state index contributed by atoms with van der Waals surface area (Å²) in [6.07, 6.45) is 45.6. The van der Waals surface area contributed by atoms with E-state index in [1.165, 1.54) is 161 Å². The molecule has 0 aliphatic heterocycles. The Balaban J connectivity index is 4.56. The molecule has 0 spiro atoms. The van der Waals surface area contributed by atoms with Crippen molar-refractivity contribution in [2.45, 2.75) is 277 Å². The minimum Gasteiger partial charge on any atom is -0.462 e. The van der Waals surface area contributed by atoms with E-state index in [-0.39, 0.29) is 24.9 Å². The van der Waals surface area contributed by atoms with Gasteiger partial charge in [-0.2, -0.15) is 0 Å². The molecule has 0 heterocycles. The number of rotatable bonds is 43. The average molecular weight is 764 g/mol. The number of hydrogen-bond acceptors (Lipinski definition) is 5. The molecule has 320 valence electrons. The van der Waals surface area contributed by atoms with Crippen molar-refractivity contribution in [2.75, 3.05) is 6.61 Å². The molecule has 6 nitrogen and oxygen atoms in total. The maximum Gasteiger partial charge on any atom is 0.306 e. The topological polar surface area (TPSA) is 95.9 Å². The number of esters is 1. The van der Waals surface area contributed by atoms with Gasteiger partial charge in [0.2, 0.25) is 5.91 Å². The summed E-state index contributed by atoms with van der Waals surface area (Å²) < 4.78 is 5.89. The predicted octanol–water partition coefficient (Wildman–Crippen LogP) is 13.8. The molecule has 0 saturated heterocycles. The van der Waals surface area contributed by atoms with Crippen LogP contribution >= 0.6 is 0 Å². The van der Waals surface area contributed by atoms with Crippen molar-refractivity contribution in [1.82, 2.24) is 5.32 Å². The number of ether oxygens (including phenoxy) is 1. The van der Waals surface area contributed by atoms with E-state index in [1.807, 2.05) is 0 Å². The Morgan fingerprint density at radius 2 is 0.907 bits per heavy atom. The van der Waals surface area contributed by atoms with Crippen molar-refractivity contribution >= 4 is 11.9 Å². The average Bonchev–Trinajstić information content (AvgIpc) is 3.16. The molecule has 0 aromatic carbocycles. The number of aliphatic hydroxyl groups excluding tert-OH is 2. The number of carbonyl (C=O) groups excluding carboxylic acids is 2. The number of nitrogens with one attached hydrogen (secondary N) is 1. The zero-order valence-corrected chi connectivity index (χ0v) is 36.4. The van der Waals surface area contributed by atoms with Crippen LogP contribution in [-0.4, -0.2) is 46.9 Å². The van der Waals surface area contributed by atoms with Crippen molar-refractivity contribution in [3.63, 3.8) is 0 Å². The number of aliphatic hydroxyl groups is 2. The molecule has 0 bridgehead atoms. The number of allylic oxidation sites excluding steroid dienone is 2. The van der Waals surface area contributed by atoms with Gasteiger partial charge in [0, 0.05) is 6.42 Å². The molecule has 0 aliphatic rings. The van der Waals surface area contributed by atoms with Crippen LogP contribution in [0.25, 0.3) is 0 Å². The smallest absolute Gasteiger partial charge is 0.306 e. The molecule has 0 aromatic heterocycles. The third-order valence-corrected chi connectivity index (χ3v) is 11.1. The summed E-state index contributed by atoms with van der Waals surface area (Å²) in [5, 5.41) is 23.6. The van der Waals surface area contributed by atoms with Crippen LogP contribution in [0.4, 0.5) is 0 Å². The van der Waals surface area contributed by atoms with Crippen molar-refractivity contribution in [3.8, 4) is 0 Å². The molecule has 3 N–H and O–H groups in total. The van der Waals surface area contributed by atoms with Crippen LogP contribution < -0.4 is 5.32 Å². The van der Waals surface area contributed by atoms with E-state index in [0.717, 1.165) is 51.4 Å². The highest BCUT2D eigenvalue weighted by Gasteiger charge is 2.24. The molecule has 6 heteroatoms.